The van der Waals surface area contributed by atoms with Gasteiger partial charge in [-0.1, -0.05) is 48.5 Å². The first-order valence-electron chi connectivity index (χ1n) is 11.7. The van der Waals surface area contributed by atoms with Gasteiger partial charge in [-0.05, 0) is 42.8 Å². The highest BCUT2D eigenvalue weighted by Crippen LogP contribution is 2.29. The van der Waals surface area contributed by atoms with Gasteiger partial charge in [-0.2, -0.15) is 0 Å². The molecule has 1 heterocycles. The maximum atomic E-state index is 12.9. The molecule has 0 bridgehead atoms. The van der Waals surface area contributed by atoms with E-state index >= 15 is 0 Å². The Hall–Kier alpha value is -4.00. The minimum Gasteiger partial charge on any atom is -0.493 e. The summed E-state index contributed by atoms with van der Waals surface area (Å²) in [5.41, 5.74) is 2.46. The SMILES string of the molecule is COc1cc(C(=O)OC(C)C(=O)N2CCN(c3ccccc3)CC2)ccc1OCc1ccccc1. The lowest BCUT2D eigenvalue weighted by Crippen LogP contribution is -2.51. The second-order valence-corrected chi connectivity index (χ2v) is 8.34. The first kappa shape index (κ1) is 24.1. The van der Waals surface area contributed by atoms with E-state index in [1.165, 1.54) is 7.11 Å². The summed E-state index contributed by atoms with van der Waals surface area (Å²) < 4.78 is 16.7. The fraction of sp³-hybridized carbons (Fsp3) is 0.286. The molecule has 0 aliphatic carbocycles. The zero-order chi connectivity index (χ0) is 24.6. The predicted molar refractivity (Wildman–Crippen MR) is 134 cm³/mol. The molecule has 3 aromatic rings. The molecule has 7 heteroatoms. The second kappa shape index (κ2) is 11.4. The van der Waals surface area contributed by atoms with Crippen LogP contribution in [0.4, 0.5) is 5.69 Å². The van der Waals surface area contributed by atoms with Crippen molar-refractivity contribution in [2.45, 2.75) is 19.6 Å². The molecule has 3 aromatic carbocycles. The number of piperazine rings is 1. The molecular weight excluding hydrogens is 444 g/mol. The van der Waals surface area contributed by atoms with Crippen LogP contribution in [0.1, 0.15) is 22.8 Å². The molecule has 1 unspecified atom stereocenters. The lowest BCUT2D eigenvalue weighted by Gasteiger charge is -2.37. The van der Waals surface area contributed by atoms with Crippen LogP contribution in [0.3, 0.4) is 0 Å². The smallest absolute Gasteiger partial charge is 0.339 e. The van der Waals surface area contributed by atoms with E-state index < -0.39 is 12.1 Å². The van der Waals surface area contributed by atoms with Crippen molar-refractivity contribution in [2.75, 3.05) is 38.2 Å². The predicted octanol–water partition coefficient (Wildman–Crippen LogP) is 4.17. The molecule has 0 spiro atoms. The number of rotatable bonds is 8. The molecular formula is C28H30N2O5. The largest absolute Gasteiger partial charge is 0.493 e. The lowest BCUT2D eigenvalue weighted by atomic mass is 10.2. The van der Waals surface area contributed by atoms with E-state index in [1.807, 2.05) is 48.5 Å². The van der Waals surface area contributed by atoms with E-state index in [1.54, 1.807) is 30.0 Å². The zero-order valence-corrected chi connectivity index (χ0v) is 20.1. The van der Waals surface area contributed by atoms with Gasteiger partial charge < -0.3 is 24.0 Å². The summed E-state index contributed by atoms with van der Waals surface area (Å²) in [6, 6.07) is 24.8. The van der Waals surface area contributed by atoms with Crippen LogP contribution in [0.2, 0.25) is 0 Å². The van der Waals surface area contributed by atoms with Gasteiger partial charge in [-0.25, -0.2) is 4.79 Å². The molecule has 1 aliphatic heterocycles. The molecule has 0 aromatic heterocycles. The Bertz CT molecular complexity index is 1130. The maximum Gasteiger partial charge on any atom is 0.339 e. The van der Waals surface area contributed by atoms with Crippen LogP contribution in [0.5, 0.6) is 11.5 Å². The van der Waals surface area contributed by atoms with Crippen LogP contribution in [-0.2, 0) is 16.1 Å². The van der Waals surface area contributed by atoms with Gasteiger partial charge in [0.1, 0.15) is 6.61 Å². The van der Waals surface area contributed by atoms with Crippen LogP contribution in [-0.4, -0.2) is 56.2 Å². The van der Waals surface area contributed by atoms with E-state index in [9.17, 15) is 9.59 Å². The molecule has 1 fully saturated rings. The third kappa shape index (κ3) is 6.12. The molecule has 0 N–H and O–H groups in total. The van der Waals surface area contributed by atoms with Crippen LogP contribution in [0.25, 0.3) is 0 Å². The average molecular weight is 475 g/mol. The van der Waals surface area contributed by atoms with E-state index in [0.717, 1.165) is 24.3 Å². The zero-order valence-electron chi connectivity index (χ0n) is 20.1. The Balaban J connectivity index is 1.31. The van der Waals surface area contributed by atoms with Gasteiger partial charge in [0.05, 0.1) is 12.7 Å². The van der Waals surface area contributed by atoms with Crippen LogP contribution < -0.4 is 14.4 Å². The Labute approximate surface area is 205 Å². The Morgan fingerprint density at radius 3 is 2.17 bits per heavy atom. The number of nitrogens with zero attached hydrogens (tertiary/aromatic N) is 2. The highest BCUT2D eigenvalue weighted by atomic mass is 16.5. The maximum absolute atomic E-state index is 12.9. The number of esters is 1. The number of benzene rings is 3. The second-order valence-electron chi connectivity index (χ2n) is 8.34. The summed E-state index contributed by atoms with van der Waals surface area (Å²) in [6.45, 7) is 4.62. The average Bonchev–Trinajstić information content (AvgIpc) is 2.92. The van der Waals surface area contributed by atoms with Crippen LogP contribution in [0, 0.1) is 0 Å². The summed E-state index contributed by atoms with van der Waals surface area (Å²) in [7, 11) is 1.51. The Morgan fingerprint density at radius 1 is 0.857 bits per heavy atom. The van der Waals surface area contributed by atoms with Gasteiger partial charge in [-0.15, -0.1) is 0 Å². The summed E-state index contributed by atoms with van der Waals surface area (Å²) in [5, 5.41) is 0. The number of methoxy groups -OCH3 is 1. The molecule has 1 saturated heterocycles. The fourth-order valence-corrected chi connectivity index (χ4v) is 4.01. The Morgan fingerprint density at radius 2 is 1.51 bits per heavy atom. The molecule has 1 aliphatic rings. The van der Waals surface area contributed by atoms with Crippen molar-refractivity contribution in [1.29, 1.82) is 0 Å². The first-order valence-corrected chi connectivity index (χ1v) is 11.7. The van der Waals surface area contributed by atoms with Gasteiger partial charge in [0, 0.05) is 31.9 Å². The van der Waals surface area contributed by atoms with Gasteiger partial charge in [0.25, 0.3) is 5.91 Å². The standard InChI is InChI=1S/C28H30N2O5/c1-21(27(31)30-17-15-29(16-18-30)24-11-7-4-8-12-24)35-28(32)23-13-14-25(26(19-23)33-2)34-20-22-9-5-3-6-10-22/h3-14,19,21H,15-18,20H2,1-2H3. The number of hydrogen-bond donors (Lipinski definition) is 0. The number of amides is 1. The lowest BCUT2D eigenvalue weighted by molar-refractivity contribution is -0.140. The van der Waals surface area contributed by atoms with Crippen LogP contribution in [0.15, 0.2) is 78.9 Å². The first-order chi connectivity index (χ1) is 17.0. The van der Waals surface area contributed by atoms with Crippen molar-refractivity contribution in [1.82, 2.24) is 4.90 Å². The summed E-state index contributed by atoms with van der Waals surface area (Å²) in [6.07, 6.45) is -0.884. The molecule has 182 valence electrons. The van der Waals surface area contributed by atoms with Gasteiger partial charge in [-0.3, -0.25) is 4.79 Å². The van der Waals surface area contributed by atoms with E-state index in [-0.39, 0.29) is 5.91 Å². The van der Waals surface area contributed by atoms with E-state index in [0.29, 0.717) is 36.8 Å². The molecule has 4 rings (SSSR count). The van der Waals surface area contributed by atoms with Gasteiger partial charge >= 0.3 is 5.97 Å². The summed E-state index contributed by atoms with van der Waals surface area (Å²) >= 11 is 0. The molecule has 1 atom stereocenters. The fourth-order valence-electron chi connectivity index (χ4n) is 4.01. The number of carbonyl (C=O) groups is 2. The number of carbonyl (C=O) groups excluding carboxylic acids is 2. The van der Waals surface area contributed by atoms with Crippen molar-refractivity contribution in [3.8, 4) is 11.5 Å². The number of ether oxygens (including phenoxy) is 3. The van der Waals surface area contributed by atoms with Crippen molar-refractivity contribution in [3.63, 3.8) is 0 Å². The van der Waals surface area contributed by atoms with E-state index in [4.69, 9.17) is 14.2 Å². The normalized spacial score (nSPS) is 14.2. The third-order valence-electron chi connectivity index (χ3n) is 5.98. The molecule has 1 amide bonds. The van der Waals surface area contributed by atoms with Crippen LogP contribution >= 0.6 is 0 Å². The summed E-state index contributed by atoms with van der Waals surface area (Å²) in [5.74, 6) is 0.169. The highest BCUT2D eigenvalue weighted by molar-refractivity contribution is 5.93. The van der Waals surface area contributed by atoms with Crippen molar-refractivity contribution < 1.29 is 23.8 Å². The molecule has 7 nitrogen and oxygen atoms in total. The van der Waals surface area contributed by atoms with Gasteiger partial charge in [0.15, 0.2) is 17.6 Å². The van der Waals surface area contributed by atoms with Crippen molar-refractivity contribution in [3.05, 3.63) is 90.0 Å². The minimum atomic E-state index is -0.884. The molecule has 0 radical (unpaired) electrons. The van der Waals surface area contributed by atoms with Crippen molar-refractivity contribution in [2.24, 2.45) is 0 Å². The molecule has 0 saturated carbocycles. The molecule has 35 heavy (non-hydrogen) atoms. The minimum absolute atomic E-state index is 0.194. The number of anilines is 1. The van der Waals surface area contributed by atoms with Crippen molar-refractivity contribution >= 4 is 17.6 Å². The quantitative estimate of drug-likeness (QED) is 0.457. The summed E-state index contributed by atoms with van der Waals surface area (Å²) in [4.78, 5) is 29.6. The monoisotopic (exact) mass is 474 g/mol. The third-order valence-corrected chi connectivity index (χ3v) is 5.98. The number of para-hydroxylation sites is 1. The topological polar surface area (TPSA) is 68.3 Å². The Kier molecular flexibility index (Phi) is 7.88. The van der Waals surface area contributed by atoms with E-state index in [2.05, 4.69) is 17.0 Å². The van der Waals surface area contributed by atoms with Gasteiger partial charge in [0.2, 0.25) is 0 Å². The number of hydrogen-bond acceptors (Lipinski definition) is 6. The highest BCUT2D eigenvalue weighted by Gasteiger charge is 2.28.